The van der Waals surface area contributed by atoms with Gasteiger partial charge in [-0.1, -0.05) is 132 Å². The Morgan fingerprint density at radius 1 is 0.314 bits per heavy atom. The number of carbonyl (C=O) groups is 9. The van der Waals surface area contributed by atoms with Crippen LogP contribution in [-0.2, 0) is 90.8 Å². The van der Waals surface area contributed by atoms with Crippen molar-refractivity contribution in [1.82, 2.24) is 0 Å². The predicted octanol–water partition coefficient (Wildman–Crippen LogP) is 15.3. The monoisotopic (exact) mass is 1390 g/mol. The standard InChI is InChI=1S/C28H28O7.C27H25FO6.C27H26O6/c1-15(2)26(29)33-23-13-19(9-11-22(23)32-7)18-8-10-21-20(12-18)14-24(34-27(30)16(3)4)25(21)35-28(31)17(5)6;1-14(2)25(29)32-21-11-18(10-20(28)13-21)17-7-8-22-19(9-17)12-23(33-26(30)15(3)4)24(22)34-27(31)16(5)6;1-15(2)25(28)31-21-9-7-8-18(13-21)19-10-11-22-20(12-19)14-23(32-26(29)16(3)4)24(22)33-27(30)17(5)6/h8-13,24-25H,1,3,5,14H2,2,4,6-7H3;7-11,13,23-24H,1,3,5,12H2,2,4,6H3;7-13,23-24H,1,3,5,14H2,2,4,6H3. The summed E-state index contributed by atoms with van der Waals surface area (Å²) in [7, 11) is 1.49. The summed E-state index contributed by atoms with van der Waals surface area (Å²) in [6, 6.07) is 32.9. The van der Waals surface area contributed by atoms with Gasteiger partial charge in [0, 0.05) is 75.5 Å². The van der Waals surface area contributed by atoms with Gasteiger partial charge in [-0.15, -0.1) is 0 Å². The molecule has 6 unspecified atom stereocenters. The van der Waals surface area contributed by atoms with Crippen molar-refractivity contribution in [2.45, 2.75) is 118 Å². The molecular formula is C82H79FO19. The quantitative estimate of drug-likeness (QED) is 0.0265. The number of halogens is 1. The van der Waals surface area contributed by atoms with E-state index in [2.05, 4.69) is 59.2 Å². The maximum Gasteiger partial charge on any atom is 0.338 e. The van der Waals surface area contributed by atoms with E-state index in [9.17, 15) is 47.5 Å². The Kier molecular flexibility index (Phi) is 25.5. The molecule has 3 aliphatic carbocycles. The van der Waals surface area contributed by atoms with Gasteiger partial charge >= 0.3 is 53.7 Å². The summed E-state index contributed by atoms with van der Waals surface area (Å²) in [5.74, 6) is -4.59. The Balaban J connectivity index is 0.000000215. The molecule has 3 aliphatic rings. The Morgan fingerprint density at radius 3 is 0.980 bits per heavy atom. The van der Waals surface area contributed by atoms with Gasteiger partial charge in [-0.25, -0.2) is 47.5 Å². The minimum absolute atomic E-state index is 0.0463. The van der Waals surface area contributed by atoms with E-state index in [1.165, 1.54) is 40.0 Å². The van der Waals surface area contributed by atoms with Crippen molar-refractivity contribution in [3.05, 3.63) is 264 Å². The molecule has 0 aliphatic heterocycles. The molecule has 6 aromatic rings. The third-order valence-electron chi connectivity index (χ3n) is 15.7. The minimum atomic E-state index is -0.823. The van der Waals surface area contributed by atoms with Crippen LogP contribution in [0.5, 0.6) is 23.0 Å². The van der Waals surface area contributed by atoms with Crippen molar-refractivity contribution in [2.75, 3.05) is 7.11 Å². The van der Waals surface area contributed by atoms with E-state index < -0.39 is 96.2 Å². The minimum Gasteiger partial charge on any atom is -0.493 e. The van der Waals surface area contributed by atoms with Crippen LogP contribution in [0.1, 0.15) is 114 Å². The SMILES string of the molecule is C=C(C)C(=O)Oc1cc(-c2ccc3c(c2)CC(OC(=O)C(=C)C)C3OC(=O)C(=C)C)ccc1OC.C=C(C)C(=O)Oc1cc(F)cc(-c2ccc3c(c2)CC(OC(=O)C(=C)C)C3OC(=O)C(=C)C)c1.C=C(C)C(=O)Oc1cccc(-c2ccc3c(c2)CC(OC(=O)C(=C)C)C3OC(=O)C(=C)C)c1. The van der Waals surface area contributed by atoms with Gasteiger partial charge in [0.1, 0.15) is 35.6 Å². The molecule has 0 fully saturated rings. The van der Waals surface area contributed by atoms with Crippen molar-refractivity contribution in [1.29, 1.82) is 0 Å². The van der Waals surface area contributed by atoms with Crippen LogP contribution in [0, 0.1) is 5.82 Å². The van der Waals surface area contributed by atoms with Crippen molar-refractivity contribution in [2.24, 2.45) is 0 Å². The van der Waals surface area contributed by atoms with Gasteiger partial charge in [0.05, 0.1) is 7.11 Å². The maximum absolute atomic E-state index is 14.3. The van der Waals surface area contributed by atoms with Gasteiger partial charge in [0.15, 0.2) is 29.8 Å². The zero-order valence-corrected chi connectivity index (χ0v) is 58.6. The van der Waals surface area contributed by atoms with Gasteiger partial charge in [-0.2, -0.15) is 0 Å². The van der Waals surface area contributed by atoms with Crippen molar-refractivity contribution < 1.29 is 94.9 Å². The summed E-state index contributed by atoms with van der Waals surface area (Å²) in [6.45, 7) is 46.3. The van der Waals surface area contributed by atoms with E-state index in [4.69, 9.17) is 47.4 Å². The number of benzene rings is 6. The molecule has 0 amide bonds. The van der Waals surface area contributed by atoms with Crippen LogP contribution >= 0.6 is 0 Å². The van der Waals surface area contributed by atoms with Crippen molar-refractivity contribution >= 4 is 53.7 Å². The van der Waals surface area contributed by atoms with Crippen LogP contribution in [0.2, 0.25) is 0 Å². The molecule has 0 radical (unpaired) electrons. The normalized spacial score (nSPS) is 16.2. The van der Waals surface area contributed by atoms with E-state index in [0.29, 0.717) is 46.6 Å². The average Bonchev–Trinajstić information content (AvgIpc) is 1.63. The van der Waals surface area contributed by atoms with Gasteiger partial charge in [-0.3, -0.25) is 0 Å². The second-order valence-electron chi connectivity index (χ2n) is 24.9. The molecule has 6 atom stereocenters. The molecule has 0 saturated carbocycles. The topological polar surface area (TPSA) is 246 Å². The van der Waals surface area contributed by atoms with Crippen LogP contribution < -0.4 is 18.9 Å². The highest BCUT2D eigenvalue weighted by molar-refractivity contribution is 5.93. The summed E-state index contributed by atoms with van der Waals surface area (Å²) in [6.07, 6.45) is -3.46. The fourth-order valence-electron chi connectivity index (χ4n) is 10.4. The summed E-state index contributed by atoms with van der Waals surface area (Å²) in [4.78, 5) is 109. The Hall–Kier alpha value is -12.1. The number of hydrogen-bond acceptors (Lipinski definition) is 19. The molecule has 6 aromatic carbocycles. The summed E-state index contributed by atoms with van der Waals surface area (Å²) < 4.78 is 69.0. The van der Waals surface area contributed by atoms with E-state index in [-0.39, 0.29) is 62.5 Å². The molecule has 0 aromatic heterocycles. The first-order chi connectivity index (χ1) is 48.0. The lowest BCUT2D eigenvalue weighted by Gasteiger charge is -2.21. The second-order valence-corrected chi connectivity index (χ2v) is 24.9. The van der Waals surface area contributed by atoms with E-state index in [1.807, 2.05) is 48.5 Å². The third kappa shape index (κ3) is 19.6. The number of fused-ring (bicyclic) bond motifs is 3. The zero-order chi connectivity index (χ0) is 75.3. The number of esters is 9. The van der Waals surface area contributed by atoms with Crippen molar-refractivity contribution in [3.63, 3.8) is 0 Å². The largest absolute Gasteiger partial charge is 0.493 e. The number of ether oxygens (including phenoxy) is 10. The first-order valence-electron chi connectivity index (χ1n) is 31.8. The van der Waals surface area contributed by atoms with Crippen LogP contribution in [-0.4, -0.2) is 79.1 Å². The highest BCUT2D eigenvalue weighted by Crippen LogP contribution is 2.44. The number of rotatable bonds is 22. The lowest BCUT2D eigenvalue weighted by atomic mass is 10.00. The first-order valence-corrected chi connectivity index (χ1v) is 31.8. The predicted molar refractivity (Wildman–Crippen MR) is 380 cm³/mol. The van der Waals surface area contributed by atoms with Crippen LogP contribution in [0.3, 0.4) is 0 Å². The van der Waals surface area contributed by atoms with Gasteiger partial charge in [0.2, 0.25) is 0 Å². The molecule has 19 nitrogen and oxygen atoms in total. The van der Waals surface area contributed by atoms with E-state index in [1.54, 1.807) is 90.1 Å². The fourth-order valence-corrected chi connectivity index (χ4v) is 10.4. The van der Waals surface area contributed by atoms with Crippen LogP contribution in [0.25, 0.3) is 33.4 Å². The molecular weight excluding hydrogens is 1310 g/mol. The molecule has 0 bridgehead atoms. The molecule has 0 heterocycles. The van der Waals surface area contributed by atoms with E-state index in [0.717, 1.165) is 56.1 Å². The fraction of sp³-hybridized carbons (Fsp3) is 0.232. The molecule has 528 valence electrons. The molecule has 102 heavy (non-hydrogen) atoms. The lowest BCUT2D eigenvalue weighted by Crippen LogP contribution is -2.26. The first kappa shape index (κ1) is 77.3. The number of hydrogen-bond donors (Lipinski definition) is 0. The Bertz CT molecular complexity index is 4540. The highest BCUT2D eigenvalue weighted by atomic mass is 19.1. The smallest absolute Gasteiger partial charge is 0.338 e. The highest BCUT2D eigenvalue weighted by Gasteiger charge is 2.42. The van der Waals surface area contributed by atoms with Gasteiger partial charge in [-0.05, 0) is 165 Å². The maximum atomic E-state index is 14.3. The number of carbonyl (C=O) groups excluding carboxylic acids is 9. The molecule has 20 heteroatoms. The average molecular weight is 1390 g/mol. The van der Waals surface area contributed by atoms with Crippen LogP contribution in [0.4, 0.5) is 4.39 Å². The summed E-state index contributed by atoms with van der Waals surface area (Å²) >= 11 is 0. The number of methoxy groups -OCH3 is 1. The van der Waals surface area contributed by atoms with Gasteiger partial charge in [0.25, 0.3) is 0 Å². The Morgan fingerprint density at radius 2 is 0.618 bits per heavy atom. The summed E-state index contributed by atoms with van der Waals surface area (Å²) in [5, 5.41) is 0. The molecule has 0 N–H and O–H groups in total. The van der Waals surface area contributed by atoms with E-state index >= 15 is 0 Å². The molecule has 0 saturated heterocycles. The zero-order valence-electron chi connectivity index (χ0n) is 58.6. The molecule has 9 rings (SSSR count). The van der Waals surface area contributed by atoms with Crippen LogP contribution in [0.15, 0.2) is 225 Å². The molecule has 0 spiro atoms. The Labute approximate surface area is 591 Å². The lowest BCUT2D eigenvalue weighted by molar-refractivity contribution is -0.161. The summed E-state index contributed by atoms with van der Waals surface area (Å²) in [5.41, 5.74) is 11.3. The van der Waals surface area contributed by atoms with Gasteiger partial charge < -0.3 is 47.4 Å². The van der Waals surface area contributed by atoms with Crippen molar-refractivity contribution in [3.8, 4) is 56.4 Å². The third-order valence-corrected chi connectivity index (χ3v) is 15.7. The second kappa shape index (κ2) is 33.7.